The highest BCUT2D eigenvalue weighted by molar-refractivity contribution is 5.99. The fourth-order valence-corrected chi connectivity index (χ4v) is 7.49. The molecule has 0 spiro atoms. The van der Waals surface area contributed by atoms with E-state index in [0.29, 0.717) is 12.0 Å². The summed E-state index contributed by atoms with van der Waals surface area (Å²) in [4.78, 5) is 168. The Hall–Kier alpha value is -7.75. The molecule has 17 N–H and O–H groups in total. The summed E-state index contributed by atoms with van der Waals surface area (Å²) in [5, 5.41) is 60.2. The lowest BCUT2D eigenvalue weighted by atomic mass is 10.0. The van der Waals surface area contributed by atoms with Crippen molar-refractivity contribution in [3.63, 3.8) is 0 Å². The lowest BCUT2D eigenvalue weighted by Gasteiger charge is -2.27. The number of carboxylic acids is 3. The number of carbonyl (C=O) groups is 13. The van der Waals surface area contributed by atoms with Gasteiger partial charge in [-0.1, -0.05) is 58.0 Å². The molecule has 1 rings (SSSR count). The second kappa shape index (κ2) is 34.7. The SMILES string of the molecule is CC(=O)N[C@@H](CC(C)C)C(=O)N[C@@H](CC(=O)O)C(=O)N[C@@H](CCCCN)C(=O)N[C@@H](CCC(=O)O)C(=O)N[C@H](C(=O)NCC(=O)N[C@@H](CCC(=O)O)C(=O)N[C@@H](Cc1ccccc1)C(=O)N[C@@H](CC(C)C)C(N)=O)[C@@H](C)O. The summed E-state index contributed by atoms with van der Waals surface area (Å²) in [6.45, 7) is 8.51. The van der Waals surface area contributed by atoms with Gasteiger partial charge in [-0.25, -0.2) is 0 Å². The second-order valence-corrected chi connectivity index (χ2v) is 19.2. The number of carboxylic acid groups (broad SMARTS) is 3. The number of carbonyl (C=O) groups excluding carboxylic acids is 10. The highest BCUT2D eigenvalue weighted by atomic mass is 16.4. The van der Waals surface area contributed by atoms with Crippen LogP contribution in [-0.4, -0.2) is 165 Å². The smallest absolute Gasteiger partial charge is 0.305 e. The minimum atomic E-state index is -1.90. The van der Waals surface area contributed by atoms with E-state index in [1.165, 1.54) is 0 Å². The third kappa shape index (κ3) is 27.6. The van der Waals surface area contributed by atoms with Gasteiger partial charge in [-0.2, -0.15) is 0 Å². The Labute approximate surface area is 445 Å². The first-order chi connectivity index (χ1) is 36.0. The molecule has 0 aliphatic carbocycles. The lowest BCUT2D eigenvalue weighted by molar-refractivity contribution is -0.142. The fourth-order valence-electron chi connectivity index (χ4n) is 7.49. The van der Waals surface area contributed by atoms with E-state index in [2.05, 4.69) is 47.9 Å². The number of rotatable bonds is 37. The van der Waals surface area contributed by atoms with Crippen molar-refractivity contribution >= 4 is 77.0 Å². The van der Waals surface area contributed by atoms with Crippen molar-refractivity contribution in [1.29, 1.82) is 0 Å². The summed E-state index contributed by atoms with van der Waals surface area (Å²) in [5.74, 6) is -14.4. The number of benzene rings is 1. The average molecular weight is 1090 g/mol. The molecule has 1 aromatic carbocycles. The number of primary amides is 1. The maximum Gasteiger partial charge on any atom is 0.305 e. The number of aliphatic carboxylic acids is 3. The number of nitrogens with two attached hydrogens (primary N) is 2. The highest BCUT2D eigenvalue weighted by Gasteiger charge is 2.36. The van der Waals surface area contributed by atoms with Crippen LogP contribution in [0, 0.1) is 11.8 Å². The Bertz CT molecular complexity index is 2210. The molecule has 0 radical (unpaired) electrons. The molecule has 0 bridgehead atoms. The number of aliphatic hydroxyl groups excluding tert-OH is 1. The molecular weight excluding hydrogens is 1010 g/mol. The predicted octanol–water partition coefficient (Wildman–Crippen LogP) is -3.46. The van der Waals surface area contributed by atoms with E-state index in [1.54, 1.807) is 58.0 Å². The Morgan fingerprint density at radius 2 is 0.948 bits per heavy atom. The molecule has 0 unspecified atom stereocenters. The van der Waals surface area contributed by atoms with Crippen LogP contribution in [0.2, 0.25) is 0 Å². The van der Waals surface area contributed by atoms with Crippen LogP contribution in [0.15, 0.2) is 30.3 Å². The second-order valence-electron chi connectivity index (χ2n) is 19.2. The first-order valence-corrected chi connectivity index (χ1v) is 25.1. The summed E-state index contributed by atoms with van der Waals surface area (Å²) in [7, 11) is 0. The third-order valence-electron chi connectivity index (χ3n) is 11.3. The molecule has 1 aromatic rings. The maximum absolute atomic E-state index is 13.9. The van der Waals surface area contributed by atoms with Crippen molar-refractivity contribution in [3.8, 4) is 0 Å². The zero-order valence-corrected chi connectivity index (χ0v) is 44.2. The van der Waals surface area contributed by atoms with Gasteiger partial charge in [-0.05, 0) is 75.8 Å². The molecule has 0 heterocycles. The van der Waals surface area contributed by atoms with Crippen molar-refractivity contribution in [2.24, 2.45) is 23.3 Å². The Kier molecular flexibility index (Phi) is 30.4. The van der Waals surface area contributed by atoms with Crippen LogP contribution in [0.3, 0.4) is 0 Å². The van der Waals surface area contributed by atoms with E-state index >= 15 is 0 Å². The first kappa shape index (κ1) is 67.3. The van der Waals surface area contributed by atoms with E-state index < -0.39 is 170 Å². The summed E-state index contributed by atoms with van der Waals surface area (Å²) < 4.78 is 0. The Morgan fingerprint density at radius 1 is 0.506 bits per heavy atom. The first-order valence-electron chi connectivity index (χ1n) is 25.1. The zero-order chi connectivity index (χ0) is 58.5. The van der Waals surface area contributed by atoms with Gasteiger partial charge in [0.15, 0.2) is 0 Å². The van der Waals surface area contributed by atoms with Crippen LogP contribution >= 0.6 is 0 Å². The molecule has 28 nitrogen and oxygen atoms in total. The molecule has 77 heavy (non-hydrogen) atoms. The summed E-state index contributed by atoms with van der Waals surface area (Å²) in [6, 6.07) is -3.92. The molecule has 9 atom stereocenters. The largest absolute Gasteiger partial charge is 0.481 e. The molecule has 0 aliphatic rings. The van der Waals surface area contributed by atoms with E-state index in [9.17, 15) is 82.8 Å². The summed E-state index contributed by atoms with van der Waals surface area (Å²) >= 11 is 0. The average Bonchev–Trinajstić information content (AvgIpc) is 3.32. The number of hydrogen-bond acceptors (Lipinski definition) is 15. The van der Waals surface area contributed by atoms with Gasteiger partial charge < -0.3 is 79.7 Å². The topological polar surface area (TPSA) is 463 Å². The summed E-state index contributed by atoms with van der Waals surface area (Å²) in [5.41, 5.74) is 11.7. The molecule has 10 amide bonds. The Morgan fingerprint density at radius 3 is 1.43 bits per heavy atom. The monoisotopic (exact) mass is 1090 g/mol. The molecule has 0 aromatic heterocycles. The minimum Gasteiger partial charge on any atom is -0.481 e. The van der Waals surface area contributed by atoms with Gasteiger partial charge in [0.1, 0.15) is 48.3 Å². The van der Waals surface area contributed by atoms with Gasteiger partial charge in [0.2, 0.25) is 59.1 Å². The van der Waals surface area contributed by atoms with Gasteiger partial charge in [0.25, 0.3) is 0 Å². The molecule has 28 heteroatoms. The molecule has 0 fully saturated rings. The lowest BCUT2D eigenvalue weighted by Crippen LogP contribution is -2.60. The minimum absolute atomic E-state index is 0.0729. The van der Waals surface area contributed by atoms with Gasteiger partial charge in [-0.3, -0.25) is 62.3 Å². The van der Waals surface area contributed by atoms with Crippen LogP contribution < -0.4 is 59.3 Å². The zero-order valence-electron chi connectivity index (χ0n) is 44.2. The van der Waals surface area contributed by atoms with Crippen LogP contribution in [0.1, 0.15) is 111 Å². The van der Waals surface area contributed by atoms with Gasteiger partial charge >= 0.3 is 17.9 Å². The normalized spacial score (nSPS) is 14.5. The van der Waals surface area contributed by atoms with Crippen molar-refractivity contribution in [2.75, 3.05) is 13.1 Å². The van der Waals surface area contributed by atoms with Crippen molar-refractivity contribution in [2.45, 2.75) is 167 Å². The Balaban J connectivity index is 3.36. The van der Waals surface area contributed by atoms with Crippen LogP contribution in [0.5, 0.6) is 0 Å². The predicted molar refractivity (Wildman–Crippen MR) is 273 cm³/mol. The fraction of sp³-hybridized carbons (Fsp3) is 0.612. The quantitative estimate of drug-likeness (QED) is 0.0288. The van der Waals surface area contributed by atoms with E-state index in [4.69, 9.17) is 11.5 Å². The third-order valence-corrected chi connectivity index (χ3v) is 11.3. The van der Waals surface area contributed by atoms with E-state index in [-0.39, 0.29) is 50.5 Å². The molecule has 430 valence electrons. The van der Waals surface area contributed by atoms with Crippen LogP contribution in [0.4, 0.5) is 0 Å². The van der Waals surface area contributed by atoms with Crippen LogP contribution in [-0.2, 0) is 68.7 Å². The van der Waals surface area contributed by atoms with Crippen molar-refractivity contribution in [3.05, 3.63) is 35.9 Å². The summed E-state index contributed by atoms with van der Waals surface area (Å²) in [6.07, 6.45) is -4.73. The molecule has 0 saturated heterocycles. The number of unbranched alkanes of at least 4 members (excludes halogenated alkanes) is 1. The number of aliphatic hydroxyl groups is 1. The van der Waals surface area contributed by atoms with E-state index in [1.807, 2.05) is 0 Å². The molecule has 0 saturated carbocycles. The number of nitrogens with one attached hydrogen (secondary N) is 9. The van der Waals surface area contributed by atoms with Gasteiger partial charge in [0.05, 0.1) is 19.1 Å². The van der Waals surface area contributed by atoms with E-state index in [0.717, 1.165) is 13.8 Å². The molecule has 0 aliphatic heterocycles. The maximum atomic E-state index is 13.9. The van der Waals surface area contributed by atoms with Gasteiger partial charge in [-0.15, -0.1) is 0 Å². The standard InChI is InChI=1S/C49H77N11O17/c1-25(2)20-33(42(51)70)57-47(75)35(22-29-12-8-7-9-13-29)58-44(72)31(15-17-38(64)65)54-37(63)24-52-49(77)41(27(5)61)60-45(73)32(16-18-39(66)67)56-43(71)30(14-10-11-19-50)55-48(76)36(23-40(68)69)59-46(74)34(21-26(3)4)53-28(6)62/h7-9,12-13,25-27,30-36,41,61H,10-11,14-24,50H2,1-6H3,(H2,51,70)(H,52,77)(H,53,62)(H,54,63)(H,55,76)(H,56,71)(H,57,75)(H,58,72)(H,59,74)(H,60,73)(H,64,65)(H,66,67)(H,68,69)/t27-,30+,31+,32+,33+,34+,35+,36+,41+/m1/s1. The highest BCUT2D eigenvalue weighted by Crippen LogP contribution is 2.12. The van der Waals surface area contributed by atoms with Crippen molar-refractivity contribution in [1.82, 2.24) is 47.9 Å². The molecular formula is C49H77N11O17. The number of hydrogen-bond donors (Lipinski definition) is 15. The van der Waals surface area contributed by atoms with Gasteiger partial charge in [0, 0.05) is 26.2 Å². The number of amides is 10. The van der Waals surface area contributed by atoms with Crippen LogP contribution in [0.25, 0.3) is 0 Å². The van der Waals surface area contributed by atoms with Crippen molar-refractivity contribution < 1.29 is 82.8 Å².